The van der Waals surface area contributed by atoms with Gasteiger partial charge in [-0.05, 0) is 42.5 Å². The van der Waals surface area contributed by atoms with Crippen molar-refractivity contribution in [1.82, 2.24) is 5.43 Å². The number of hydrogen-bond acceptors (Lipinski definition) is 3. The van der Waals surface area contributed by atoms with E-state index in [0.29, 0.717) is 6.42 Å². The van der Waals surface area contributed by atoms with E-state index in [1.807, 2.05) is 6.92 Å². The summed E-state index contributed by atoms with van der Waals surface area (Å²) >= 11 is 1.73. The molecule has 1 aliphatic heterocycles. The second-order valence-corrected chi connectivity index (χ2v) is 5.62. The van der Waals surface area contributed by atoms with Crippen LogP contribution in [0.4, 0.5) is 0 Å². The van der Waals surface area contributed by atoms with Crippen molar-refractivity contribution in [3.63, 3.8) is 0 Å². The van der Waals surface area contributed by atoms with Crippen molar-refractivity contribution in [2.45, 2.75) is 25.2 Å². The molecular weight excluding hydrogens is 256 g/mol. The normalized spacial score (nSPS) is 19.9. The number of carbonyl (C=O) groups excluding carboxylic acids is 1. The maximum Gasteiger partial charge on any atom is 0.240 e. The molecule has 19 heavy (non-hydrogen) atoms. The van der Waals surface area contributed by atoms with Gasteiger partial charge in [-0.25, -0.2) is 5.43 Å². The Hall–Kier alpha value is -1.55. The molecule has 1 unspecified atom stereocenters. The van der Waals surface area contributed by atoms with E-state index in [1.165, 1.54) is 10.5 Å². The number of hydrogen-bond donors (Lipinski definition) is 1. The summed E-state index contributed by atoms with van der Waals surface area (Å²) in [6.45, 7) is 4.10. The van der Waals surface area contributed by atoms with E-state index in [1.54, 1.807) is 11.8 Å². The average Bonchev–Trinajstić information content (AvgIpc) is 2.42. The summed E-state index contributed by atoms with van der Waals surface area (Å²) in [7, 11) is 0. The fraction of sp³-hybridized carbons (Fsp3) is 0.333. The van der Waals surface area contributed by atoms with Crippen LogP contribution in [0.2, 0.25) is 0 Å². The van der Waals surface area contributed by atoms with Crippen LogP contribution < -0.4 is 5.43 Å². The molecule has 1 amide bonds. The van der Waals surface area contributed by atoms with E-state index in [2.05, 4.69) is 54.0 Å². The molecule has 1 heterocycles. The van der Waals surface area contributed by atoms with E-state index >= 15 is 0 Å². The van der Waals surface area contributed by atoms with Gasteiger partial charge >= 0.3 is 0 Å². The summed E-state index contributed by atoms with van der Waals surface area (Å²) in [6.07, 6.45) is 4.64. The fourth-order valence-corrected chi connectivity index (χ4v) is 2.47. The number of amides is 1. The van der Waals surface area contributed by atoms with Crippen LogP contribution in [-0.2, 0) is 4.79 Å². The van der Waals surface area contributed by atoms with Gasteiger partial charge in [0.15, 0.2) is 0 Å². The SMILES string of the molecule is CSc1cccc(C(C)=CC2=NNC(=O)CC2C)c1. The monoisotopic (exact) mass is 274 g/mol. The van der Waals surface area contributed by atoms with E-state index in [-0.39, 0.29) is 11.8 Å². The summed E-state index contributed by atoms with van der Waals surface area (Å²) < 4.78 is 0. The molecular formula is C15H18N2OS. The molecule has 3 nitrogen and oxygen atoms in total. The molecule has 2 rings (SSSR count). The summed E-state index contributed by atoms with van der Waals surface area (Å²) in [6, 6.07) is 8.43. The molecule has 0 aliphatic carbocycles. The molecule has 0 fully saturated rings. The third-order valence-corrected chi connectivity index (χ3v) is 3.92. The minimum atomic E-state index is -0.00770. The number of nitrogens with zero attached hydrogens (tertiary/aromatic N) is 1. The lowest BCUT2D eigenvalue weighted by Crippen LogP contribution is -2.30. The number of benzene rings is 1. The molecule has 0 spiro atoms. The third kappa shape index (κ3) is 3.47. The predicted octanol–water partition coefficient (Wildman–Crippen LogP) is 3.32. The standard InChI is InChI=1S/C15H18N2OS/c1-10(12-5-4-6-13(9-12)19-3)7-14-11(2)8-15(18)17-16-14/h4-7,9,11H,8H2,1-3H3,(H,17,18). The Bertz CT molecular complexity index is 549. The quantitative estimate of drug-likeness (QED) is 0.859. The Labute approximate surface area is 118 Å². The van der Waals surface area contributed by atoms with Crippen molar-refractivity contribution in [3.8, 4) is 0 Å². The summed E-state index contributed by atoms with van der Waals surface area (Å²) in [4.78, 5) is 12.5. The number of thioether (sulfide) groups is 1. The Morgan fingerprint density at radius 2 is 2.32 bits per heavy atom. The van der Waals surface area contributed by atoms with Crippen LogP contribution in [0.5, 0.6) is 0 Å². The Morgan fingerprint density at radius 3 is 3.00 bits per heavy atom. The van der Waals surface area contributed by atoms with Gasteiger partial charge in [0.1, 0.15) is 0 Å². The molecule has 0 radical (unpaired) electrons. The van der Waals surface area contributed by atoms with Crippen molar-refractivity contribution in [2.75, 3.05) is 6.26 Å². The lowest BCUT2D eigenvalue weighted by molar-refractivity contribution is -0.121. The lowest BCUT2D eigenvalue weighted by atomic mass is 9.96. The molecule has 1 atom stereocenters. The molecule has 0 saturated heterocycles. The molecule has 1 aliphatic rings. The lowest BCUT2D eigenvalue weighted by Gasteiger charge is -2.17. The van der Waals surface area contributed by atoms with E-state index in [0.717, 1.165) is 11.3 Å². The van der Waals surface area contributed by atoms with Gasteiger partial charge in [-0.15, -0.1) is 11.8 Å². The van der Waals surface area contributed by atoms with Crippen molar-refractivity contribution in [2.24, 2.45) is 11.0 Å². The molecule has 0 saturated carbocycles. The third-order valence-electron chi connectivity index (χ3n) is 3.20. The Balaban J connectivity index is 2.25. The summed E-state index contributed by atoms with van der Waals surface area (Å²) in [5.74, 6) is 0.166. The molecule has 0 bridgehead atoms. The largest absolute Gasteiger partial charge is 0.273 e. The molecule has 1 aromatic carbocycles. The van der Waals surface area contributed by atoms with Gasteiger partial charge in [-0.1, -0.05) is 19.1 Å². The van der Waals surface area contributed by atoms with Crippen molar-refractivity contribution >= 4 is 29.0 Å². The number of allylic oxidation sites excluding steroid dienone is 2. The predicted molar refractivity (Wildman–Crippen MR) is 81.2 cm³/mol. The van der Waals surface area contributed by atoms with E-state index in [9.17, 15) is 4.79 Å². The highest BCUT2D eigenvalue weighted by molar-refractivity contribution is 7.98. The highest BCUT2D eigenvalue weighted by atomic mass is 32.2. The van der Waals surface area contributed by atoms with Crippen molar-refractivity contribution in [1.29, 1.82) is 0 Å². The molecule has 1 N–H and O–H groups in total. The van der Waals surface area contributed by atoms with Crippen LogP contribution in [0.25, 0.3) is 5.57 Å². The first-order chi connectivity index (χ1) is 9.10. The van der Waals surface area contributed by atoms with E-state index < -0.39 is 0 Å². The van der Waals surface area contributed by atoms with Crippen molar-refractivity contribution in [3.05, 3.63) is 35.9 Å². The zero-order valence-electron chi connectivity index (χ0n) is 11.4. The van der Waals surface area contributed by atoms with Crippen LogP contribution in [0.15, 0.2) is 40.3 Å². The Kier molecular flexibility index (Phi) is 4.43. The average molecular weight is 274 g/mol. The molecule has 1 aromatic rings. The Morgan fingerprint density at radius 1 is 1.53 bits per heavy atom. The second-order valence-electron chi connectivity index (χ2n) is 4.74. The number of carbonyl (C=O) groups is 1. The van der Waals surface area contributed by atoms with Crippen molar-refractivity contribution < 1.29 is 4.79 Å². The van der Waals surface area contributed by atoms with Gasteiger partial charge in [0, 0.05) is 17.2 Å². The van der Waals surface area contributed by atoms with Gasteiger partial charge in [-0.2, -0.15) is 5.10 Å². The number of rotatable bonds is 3. The molecule has 0 aromatic heterocycles. The van der Waals surface area contributed by atoms with Gasteiger partial charge in [0.2, 0.25) is 5.91 Å². The van der Waals surface area contributed by atoms with Gasteiger partial charge < -0.3 is 0 Å². The van der Waals surface area contributed by atoms with Crippen LogP contribution in [-0.4, -0.2) is 17.9 Å². The number of nitrogens with one attached hydrogen (secondary N) is 1. The molecule has 100 valence electrons. The van der Waals surface area contributed by atoms with E-state index in [4.69, 9.17) is 0 Å². The maximum absolute atomic E-state index is 11.2. The van der Waals surface area contributed by atoms with Gasteiger partial charge in [0.25, 0.3) is 0 Å². The van der Waals surface area contributed by atoms with Crippen LogP contribution in [0, 0.1) is 5.92 Å². The molecule has 4 heteroatoms. The topological polar surface area (TPSA) is 41.5 Å². The van der Waals surface area contributed by atoms with Crippen LogP contribution in [0.1, 0.15) is 25.8 Å². The van der Waals surface area contributed by atoms with Crippen LogP contribution in [0.3, 0.4) is 0 Å². The zero-order valence-corrected chi connectivity index (χ0v) is 12.3. The first kappa shape index (κ1) is 13.9. The first-order valence-electron chi connectivity index (χ1n) is 6.29. The van der Waals surface area contributed by atoms with Gasteiger partial charge in [-0.3, -0.25) is 4.79 Å². The maximum atomic E-state index is 11.2. The zero-order chi connectivity index (χ0) is 13.8. The highest BCUT2D eigenvalue weighted by Crippen LogP contribution is 2.22. The minimum Gasteiger partial charge on any atom is -0.273 e. The minimum absolute atomic E-state index is 0.00770. The fourth-order valence-electron chi connectivity index (χ4n) is 2.01. The van der Waals surface area contributed by atoms with Gasteiger partial charge in [0.05, 0.1) is 5.71 Å². The summed E-state index contributed by atoms with van der Waals surface area (Å²) in [5, 5.41) is 4.14. The van der Waals surface area contributed by atoms with Crippen LogP contribution >= 0.6 is 11.8 Å². The highest BCUT2D eigenvalue weighted by Gasteiger charge is 2.18. The summed E-state index contributed by atoms with van der Waals surface area (Å²) in [5.41, 5.74) is 5.84. The number of hydrazone groups is 1. The first-order valence-corrected chi connectivity index (χ1v) is 7.51. The smallest absolute Gasteiger partial charge is 0.240 e. The second kappa shape index (κ2) is 6.06.